The fourth-order valence-corrected chi connectivity index (χ4v) is 5.45. The zero-order valence-corrected chi connectivity index (χ0v) is 13.6. The van der Waals surface area contributed by atoms with Crippen molar-refractivity contribution in [3.63, 3.8) is 0 Å². The third kappa shape index (κ3) is 3.40. The Hall–Kier alpha value is -0.0400. The summed E-state index contributed by atoms with van der Waals surface area (Å²) in [5, 5.41) is 4.08. The molecule has 3 aliphatic carbocycles. The Morgan fingerprint density at radius 3 is 2.10 bits per heavy atom. The average molecular weight is 277 g/mol. The molecule has 20 heavy (non-hydrogen) atoms. The van der Waals surface area contributed by atoms with E-state index in [-0.39, 0.29) is 0 Å². The van der Waals surface area contributed by atoms with Crippen molar-refractivity contribution >= 4 is 0 Å². The minimum Gasteiger partial charge on any atom is -0.311 e. The molecule has 1 nitrogen and oxygen atoms in total. The van der Waals surface area contributed by atoms with Gasteiger partial charge in [-0.3, -0.25) is 0 Å². The van der Waals surface area contributed by atoms with E-state index in [0.29, 0.717) is 0 Å². The van der Waals surface area contributed by atoms with Crippen LogP contribution in [0.5, 0.6) is 0 Å². The molecule has 0 radical (unpaired) electrons. The third-order valence-electron chi connectivity index (χ3n) is 6.82. The Bertz CT molecular complexity index is 276. The van der Waals surface area contributed by atoms with Crippen molar-refractivity contribution in [3.8, 4) is 0 Å². The molecule has 0 aromatic heterocycles. The maximum Gasteiger partial charge on any atom is 0.00952 e. The van der Waals surface area contributed by atoms with E-state index in [2.05, 4.69) is 12.2 Å². The van der Waals surface area contributed by atoms with Crippen LogP contribution in [-0.2, 0) is 0 Å². The number of nitrogens with one attached hydrogen (secondary N) is 1. The first-order valence-electron chi connectivity index (χ1n) is 9.57. The van der Waals surface area contributed by atoms with Gasteiger partial charge < -0.3 is 5.32 Å². The Labute approximate surface area is 126 Å². The van der Waals surface area contributed by atoms with Gasteiger partial charge >= 0.3 is 0 Å². The third-order valence-corrected chi connectivity index (χ3v) is 6.82. The van der Waals surface area contributed by atoms with Gasteiger partial charge in [-0.05, 0) is 69.1 Å². The second-order valence-corrected chi connectivity index (χ2v) is 8.06. The largest absolute Gasteiger partial charge is 0.311 e. The quantitative estimate of drug-likeness (QED) is 0.721. The van der Waals surface area contributed by atoms with E-state index in [1.165, 1.54) is 77.0 Å². The lowest BCUT2D eigenvalue weighted by Crippen LogP contribution is -2.45. The van der Waals surface area contributed by atoms with Crippen molar-refractivity contribution in [1.29, 1.82) is 0 Å². The normalized spacial score (nSPS) is 29.9. The van der Waals surface area contributed by atoms with E-state index in [1.54, 1.807) is 12.8 Å². The predicted molar refractivity (Wildman–Crippen MR) is 86.9 cm³/mol. The highest BCUT2D eigenvalue weighted by Gasteiger charge is 2.38. The molecule has 1 atom stereocenters. The van der Waals surface area contributed by atoms with Crippen LogP contribution in [0.2, 0.25) is 0 Å². The van der Waals surface area contributed by atoms with Gasteiger partial charge in [-0.1, -0.05) is 39.0 Å². The molecule has 3 rings (SSSR count). The lowest BCUT2D eigenvalue weighted by Gasteiger charge is -2.40. The van der Waals surface area contributed by atoms with Crippen LogP contribution in [0.4, 0.5) is 0 Å². The van der Waals surface area contributed by atoms with Crippen LogP contribution in [0, 0.1) is 11.3 Å². The van der Waals surface area contributed by atoms with E-state index >= 15 is 0 Å². The van der Waals surface area contributed by atoms with Crippen molar-refractivity contribution in [1.82, 2.24) is 5.32 Å². The fraction of sp³-hybridized carbons (Fsp3) is 1.00. The molecule has 1 unspecified atom stereocenters. The molecule has 0 bridgehead atoms. The van der Waals surface area contributed by atoms with E-state index in [9.17, 15) is 0 Å². The molecule has 3 fully saturated rings. The van der Waals surface area contributed by atoms with Gasteiger partial charge in [-0.15, -0.1) is 0 Å². The SMILES string of the molecule is CCC(NC1CCC2(CCCC2)CC1)C1CCCCC1. The summed E-state index contributed by atoms with van der Waals surface area (Å²) in [7, 11) is 0. The zero-order valence-electron chi connectivity index (χ0n) is 13.6. The van der Waals surface area contributed by atoms with E-state index in [1.807, 2.05) is 0 Å². The summed E-state index contributed by atoms with van der Waals surface area (Å²) < 4.78 is 0. The van der Waals surface area contributed by atoms with Gasteiger partial charge in [0.2, 0.25) is 0 Å². The van der Waals surface area contributed by atoms with Gasteiger partial charge in [0.05, 0.1) is 0 Å². The smallest absolute Gasteiger partial charge is 0.00952 e. The molecule has 3 aliphatic rings. The maximum absolute atomic E-state index is 4.08. The van der Waals surface area contributed by atoms with Gasteiger partial charge in [0.25, 0.3) is 0 Å². The molecular formula is C19H35N. The van der Waals surface area contributed by atoms with E-state index < -0.39 is 0 Å². The van der Waals surface area contributed by atoms with Gasteiger partial charge in [0.15, 0.2) is 0 Å². The number of hydrogen-bond donors (Lipinski definition) is 1. The monoisotopic (exact) mass is 277 g/mol. The molecule has 1 N–H and O–H groups in total. The van der Waals surface area contributed by atoms with Crippen molar-refractivity contribution in [2.24, 2.45) is 11.3 Å². The summed E-state index contributed by atoms with van der Waals surface area (Å²) in [4.78, 5) is 0. The Kier molecular flexibility index (Phi) is 5.07. The predicted octanol–water partition coefficient (Wildman–Crippen LogP) is 5.44. The van der Waals surface area contributed by atoms with Crippen LogP contribution in [0.25, 0.3) is 0 Å². The van der Waals surface area contributed by atoms with E-state index in [4.69, 9.17) is 0 Å². The summed E-state index contributed by atoms with van der Waals surface area (Å²) in [6.45, 7) is 2.40. The zero-order chi connectivity index (χ0) is 13.8. The maximum atomic E-state index is 4.08. The second-order valence-electron chi connectivity index (χ2n) is 8.06. The molecule has 0 amide bonds. The van der Waals surface area contributed by atoms with Crippen LogP contribution >= 0.6 is 0 Å². The molecule has 0 aliphatic heterocycles. The standard InChI is InChI=1S/C19H35N/c1-2-18(16-8-4-3-5-9-16)20-17-10-14-19(15-11-17)12-6-7-13-19/h16-18,20H,2-15H2,1H3. The molecule has 3 saturated carbocycles. The molecule has 0 heterocycles. The van der Waals surface area contributed by atoms with Crippen molar-refractivity contribution in [2.75, 3.05) is 0 Å². The highest BCUT2D eigenvalue weighted by molar-refractivity contribution is 4.92. The minimum atomic E-state index is 0.796. The first kappa shape index (κ1) is 14.9. The van der Waals surface area contributed by atoms with Crippen LogP contribution in [0.3, 0.4) is 0 Å². The second kappa shape index (κ2) is 6.81. The van der Waals surface area contributed by atoms with Crippen LogP contribution in [0.1, 0.15) is 96.8 Å². The van der Waals surface area contributed by atoms with Gasteiger partial charge in [-0.25, -0.2) is 0 Å². The van der Waals surface area contributed by atoms with Crippen LogP contribution < -0.4 is 5.32 Å². The number of rotatable bonds is 4. The summed E-state index contributed by atoms with van der Waals surface area (Å²) >= 11 is 0. The Morgan fingerprint density at radius 2 is 1.50 bits per heavy atom. The lowest BCUT2D eigenvalue weighted by atomic mass is 9.71. The van der Waals surface area contributed by atoms with Crippen molar-refractivity contribution < 1.29 is 0 Å². The summed E-state index contributed by atoms with van der Waals surface area (Å²) in [6, 6.07) is 1.66. The Morgan fingerprint density at radius 1 is 0.850 bits per heavy atom. The molecule has 1 heteroatoms. The van der Waals surface area contributed by atoms with Crippen molar-refractivity contribution in [3.05, 3.63) is 0 Å². The molecule has 116 valence electrons. The van der Waals surface area contributed by atoms with E-state index in [0.717, 1.165) is 23.4 Å². The van der Waals surface area contributed by atoms with Gasteiger partial charge in [-0.2, -0.15) is 0 Å². The highest BCUT2D eigenvalue weighted by Crippen LogP contribution is 2.49. The Balaban J connectivity index is 1.47. The van der Waals surface area contributed by atoms with Gasteiger partial charge in [0, 0.05) is 12.1 Å². The highest BCUT2D eigenvalue weighted by atomic mass is 15.0. The first-order valence-corrected chi connectivity index (χ1v) is 9.57. The average Bonchev–Trinajstić information content (AvgIpc) is 2.96. The first-order chi connectivity index (χ1) is 9.81. The molecular weight excluding hydrogens is 242 g/mol. The van der Waals surface area contributed by atoms with Gasteiger partial charge in [0.1, 0.15) is 0 Å². The summed E-state index contributed by atoms with van der Waals surface area (Å²) in [5.41, 5.74) is 0.796. The van der Waals surface area contributed by atoms with Crippen LogP contribution in [-0.4, -0.2) is 12.1 Å². The van der Waals surface area contributed by atoms with Crippen molar-refractivity contribution in [2.45, 2.75) is 109 Å². The molecule has 1 spiro atoms. The fourth-order valence-electron chi connectivity index (χ4n) is 5.45. The molecule has 0 saturated heterocycles. The molecule has 0 aromatic rings. The minimum absolute atomic E-state index is 0.796. The number of hydrogen-bond acceptors (Lipinski definition) is 1. The lowest BCUT2D eigenvalue weighted by molar-refractivity contribution is 0.148. The van der Waals surface area contributed by atoms with Crippen LogP contribution in [0.15, 0.2) is 0 Å². The summed E-state index contributed by atoms with van der Waals surface area (Å²) in [6.07, 6.45) is 20.8. The molecule has 0 aromatic carbocycles. The topological polar surface area (TPSA) is 12.0 Å². The summed E-state index contributed by atoms with van der Waals surface area (Å²) in [5.74, 6) is 0.983.